The van der Waals surface area contributed by atoms with E-state index in [1.165, 1.54) is 7.11 Å². The number of amides is 3. The van der Waals surface area contributed by atoms with Crippen molar-refractivity contribution in [2.75, 3.05) is 7.11 Å². The number of benzene rings is 1. The zero-order valence-electron chi connectivity index (χ0n) is 20.6. The summed E-state index contributed by atoms with van der Waals surface area (Å²) in [7, 11) is 1.53. The number of nitriles is 1. The summed E-state index contributed by atoms with van der Waals surface area (Å²) in [5, 5.41) is 19.0. The van der Waals surface area contributed by atoms with Crippen LogP contribution >= 0.6 is 11.6 Å². The first-order chi connectivity index (χ1) is 16.4. The minimum atomic E-state index is -0.890. The Hall–Kier alpha value is -3.25. The van der Waals surface area contributed by atoms with Gasteiger partial charge in [-0.25, -0.2) is 0 Å². The normalized spacial score (nSPS) is 19.5. The highest BCUT2D eigenvalue weighted by molar-refractivity contribution is 6.35. The number of carbonyl (C=O) groups is 3. The van der Waals surface area contributed by atoms with Gasteiger partial charge in [-0.2, -0.15) is 5.26 Å². The number of hydrogen-bond acceptors (Lipinski definition) is 5. The predicted molar refractivity (Wildman–Crippen MR) is 133 cm³/mol. The average Bonchev–Trinajstić information content (AvgIpc) is 3.36. The lowest BCUT2D eigenvalue weighted by Gasteiger charge is -2.27. The fourth-order valence-corrected chi connectivity index (χ4v) is 4.59. The molecular weight excluding hydrogens is 470 g/mol. The van der Waals surface area contributed by atoms with Crippen LogP contribution in [0.1, 0.15) is 57.4 Å². The number of aromatic amines is 1. The van der Waals surface area contributed by atoms with E-state index < -0.39 is 23.9 Å². The number of methoxy groups -OCH3 is 1. The van der Waals surface area contributed by atoms with Gasteiger partial charge in [-0.05, 0) is 49.8 Å². The lowest BCUT2D eigenvalue weighted by molar-refractivity contribution is -0.125. The molecule has 0 radical (unpaired) electrons. The molecule has 4 N–H and O–H groups in total. The number of nitrogens with one attached hydrogen (secondary N) is 4. The Morgan fingerprint density at radius 2 is 2.03 bits per heavy atom. The van der Waals surface area contributed by atoms with E-state index in [9.17, 15) is 19.6 Å². The summed E-state index contributed by atoms with van der Waals surface area (Å²) in [6, 6.07) is 5.38. The van der Waals surface area contributed by atoms with Crippen molar-refractivity contribution in [2.45, 2.75) is 65.1 Å². The fraction of sp³-hybridized carbons (Fsp3) is 0.520. The van der Waals surface area contributed by atoms with Crippen LogP contribution in [0.25, 0.3) is 10.9 Å². The van der Waals surface area contributed by atoms with E-state index in [1.54, 1.807) is 18.2 Å². The van der Waals surface area contributed by atoms with E-state index >= 15 is 0 Å². The van der Waals surface area contributed by atoms with Crippen molar-refractivity contribution in [3.63, 3.8) is 0 Å². The number of nitrogens with zero attached hydrogens (tertiary/aromatic N) is 1. The highest BCUT2D eigenvalue weighted by Crippen LogP contribution is 2.32. The standard InChI is InChI=1S/C25H32ClN5O4/c1-13-8-14(22(32)28-13)9-15(12-27)29-24(34)19(11-25(2,3)4)31-23(33)18-10-16-20(35-5)7-6-17(26)21(16)30-18/h6-7,10,13-15,19,30H,8-9,11H2,1-5H3,(H,28,32)(H,29,34)(H,31,33). The molecule has 3 amide bonds. The van der Waals surface area contributed by atoms with Crippen molar-refractivity contribution in [1.29, 1.82) is 5.26 Å². The zero-order chi connectivity index (χ0) is 25.9. The van der Waals surface area contributed by atoms with Gasteiger partial charge in [0, 0.05) is 17.3 Å². The van der Waals surface area contributed by atoms with E-state index in [-0.39, 0.29) is 35.4 Å². The SMILES string of the molecule is COc1ccc(Cl)c2[nH]c(C(=O)NC(CC(C)(C)C)C(=O)NC(C#N)CC3CC(C)NC3=O)cc12. The smallest absolute Gasteiger partial charge is 0.268 e. The summed E-state index contributed by atoms with van der Waals surface area (Å²) in [6.07, 6.45) is 1.17. The molecule has 10 heteroatoms. The molecule has 188 valence electrons. The largest absolute Gasteiger partial charge is 0.496 e. The Bertz CT molecular complexity index is 1160. The van der Waals surface area contributed by atoms with Gasteiger partial charge in [-0.1, -0.05) is 32.4 Å². The molecule has 1 aliphatic heterocycles. The molecule has 0 spiro atoms. The Labute approximate surface area is 209 Å². The number of hydrogen-bond donors (Lipinski definition) is 4. The Kier molecular flexibility index (Phi) is 7.96. The maximum Gasteiger partial charge on any atom is 0.268 e. The highest BCUT2D eigenvalue weighted by atomic mass is 35.5. The first-order valence-corrected chi connectivity index (χ1v) is 12.0. The van der Waals surface area contributed by atoms with Crippen LogP contribution in [0.5, 0.6) is 5.75 Å². The van der Waals surface area contributed by atoms with E-state index in [0.717, 1.165) is 0 Å². The van der Waals surface area contributed by atoms with Crippen molar-refractivity contribution < 1.29 is 19.1 Å². The zero-order valence-corrected chi connectivity index (χ0v) is 21.4. The van der Waals surface area contributed by atoms with Crippen LogP contribution in [0.15, 0.2) is 18.2 Å². The molecule has 1 aromatic carbocycles. The quantitative estimate of drug-likeness (QED) is 0.440. The number of fused-ring (bicyclic) bond motifs is 1. The van der Waals surface area contributed by atoms with E-state index in [1.807, 2.05) is 27.7 Å². The molecule has 35 heavy (non-hydrogen) atoms. The molecule has 4 atom stereocenters. The van der Waals surface area contributed by atoms with Gasteiger partial charge in [0.25, 0.3) is 5.91 Å². The van der Waals surface area contributed by atoms with Crippen LogP contribution < -0.4 is 20.7 Å². The average molecular weight is 502 g/mol. The molecule has 0 aliphatic carbocycles. The number of carbonyl (C=O) groups excluding carboxylic acids is 3. The third-order valence-corrected chi connectivity index (χ3v) is 6.31. The third-order valence-electron chi connectivity index (χ3n) is 6.00. The van der Waals surface area contributed by atoms with Crippen LogP contribution in [0, 0.1) is 22.7 Å². The minimum Gasteiger partial charge on any atom is -0.496 e. The monoisotopic (exact) mass is 501 g/mol. The second-order valence-electron chi connectivity index (χ2n) is 10.3. The second kappa shape index (κ2) is 10.6. The van der Waals surface area contributed by atoms with Crippen LogP contribution in [0.4, 0.5) is 0 Å². The minimum absolute atomic E-state index is 0.0407. The van der Waals surface area contributed by atoms with Gasteiger partial charge >= 0.3 is 0 Å². The lowest BCUT2D eigenvalue weighted by atomic mass is 9.87. The van der Waals surface area contributed by atoms with Crippen LogP contribution in [-0.4, -0.2) is 47.9 Å². The van der Waals surface area contributed by atoms with Gasteiger partial charge in [-0.15, -0.1) is 0 Å². The van der Waals surface area contributed by atoms with E-state index in [2.05, 4.69) is 27.0 Å². The van der Waals surface area contributed by atoms with Crippen molar-refractivity contribution in [2.24, 2.45) is 11.3 Å². The second-order valence-corrected chi connectivity index (χ2v) is 10.7. The van der Waals surface area contributed by atoms with Crippen molar-refractivity contribution in [3.8, 4) is 11.8 Å². The van der Waals surface area contributed by atoms with Crippen molar-refractivity contribution >= 4 is 40.2 Å². The fourth-order valence-electron chi connectivity index (χ4n) is 4.37. The number of aromatic nitrogens is 1. The Morgan fingerprint density at radius 3 is 2.60 bits per heavy atom. The molecule has 2 aromatic rings. The van der Waals surface area contributed by atoms with Gasteiger partial charge in [-0.3, -0.25) is 14.4 Å². The molecule has 1 saturated heterocycles. The molecule has 0 saturated carbocycles. The molecule has 0 bridgehead atoms. The predicted octanol–water partition coefficient (Wildman–Crippen LogP) is 3.29. The molecule has 1 aliphatic rings. The van der Waals surface area contributed by atoms with Gasteiger partial charge in [0.1, 0.15) is 23.5 Å². The summed E-state index contributed by atoms with van der Waals surface area (Å²) in [5.41, 5.74) is 0.499. The van der Waals surface area contributed by atoms with Crippen LogP contribution in [-0.2, 0) is 9.59 Å². The molecule has 4 unspecified atom stereocenters. The summed E-state index contributed by atoms with van der Waals surface area (Å²) in [6.45, 7) is 7.77. The number of ether oxygens (including phenoxy) is 1. The number of H-pyrrole nitrogens is 1. The molecule has 2 heterocycles. The Balaban J connectivity index is 1.77. The lowest BCUT2D eigenvalue weighted by Crippen LogP contribution is -2.51. The van der Waals surface area contributed by atoms with Gasteiger partial charge in [0.05, 0.1) is 23.7 Å². The maximum absolute atomic E-state index is 13.2. The first kappa shape index (κ1) is 26.4. The maximum atomic E-state index is 13.2. The number of rotatable bonds is 8. The van der Waals surface area contributed by atoms with Crippen molar-refractivity contribution in [3.05, 3.63) is 28.9 Å². The topological polar surface area (TPSA) is 136 Å². The Morgan fingerprint density at radius 1 is 1.31 bits per heavy atom. The summed E-state index contributed by atoms with van der Waals surface area (Å²) in [4.78, 5) is 41.4. The van der Waals surface area contributed by atoms with Crippen LogP contribution in [0.2, 0.25) is 5.02 Å². The van der Waals surface area contributed by atoms with Crippen molar-refractivity contribution in [1.82, 2.24) is 20.9 Å². The molecule has 3 rings (SSSR count). The van der Waals surface area contributed by atoms with Gasteiger partial charge in [0.2, 0.25) is 11.8 Å². The molecule has 1 aromatic heterocycles. The molecule has 9 nitrogen and oxygen atoms in total. The third kappa shape index (κ3) is 6.45. The van der Waals surface area contributed by atoms with Gasteiger partial charge in [0.15, 0.2) is 0 Å². The summed E-state index contributed by atoms with van der Waals surface area (Å²) in [5.74, 6) is -0.846. The summed E-state index contributed by atoms with van der Waals surface area (Å²) >= 11 is 6.27. The highest BCUT2D eigenvalue weighted by Gasteiger charge is 2.34. The van der Waals surface area contributed by atoms with Crippen LogP contribution in [0.3, 0.4) is 0 Å². The number of halogens is 1. The summed E-state index contributed by atoms with van der Waals surface area (Å²) < 4.78 is 5.35. The van der Waals surface area contributed by atoms with E-state index in [4.69, 9.17) is 16.3 Å². The van der Waals surface area contributed by atoms with E-state index in [0.29, 0.717) is 34.5 Å². The van der Waals surface area contributed by atoms with Gasteiger partial charge < -0.3 is 25.7 Å². The molecular formula is C25H32ClN5O4. The first-order valence-electron chi connectivity index (χ1n) is 11.6. The molecule has 1 fully saturated rings.